The number of hydrogen-bond donors (Lipinski definition) is 2. The maximum atomic E-state index is 10.7. The van der Waals surface area contributed by atoms with E-state index in [9.17, 15) is 14.7 Å². The Morgan fingerprint density at radius 1 is 0.528 bits per heavy atom. The molecule has 0 bridgehead atoms. The number of aromatic hydroxyl groups is 1. The monoisotopic (exact) mass is 696 g/mol. The lowest BCUT2D eigenvalue weighted by molar-refractivity contribution is 0.0694. The lowest BCUT2D eigenvalue weighted by Crippen LogP contribution is -1.96. The predicted octanol–water partition coefficient (Wildman–Crippen LogP) is 11.3. The Morgan fingerprint density at radius 3 is 1.49 bits per heavy atom. The average Bonchev–Trinajstić information content (AvgIpc) is 3.20. The smallest absolute Gasteiger partial charge is 0.339 e. The summed E-state index contributed by atoms with van der Waals surface area (Å²) >= 11 is 0. The summed E-state index contributed by atoms with van der Waals surface area (Å²) in [6.07, 6.45) is 12.4. The van der Waals surface area contributed by atoms with Crippen LogP contribution in [0.3, 0.4) is 0 Å². The summed E-state index contributed by atoms with van der Waals surface area (Å²) in [4.78, 5) is 29.2. The van der Waals surface area contributed by atoms with Gasteiger partial charge in [-0.15, -0.1) is 0 Å². The third-order valence-corrected chi connectivity index (χ3v) is 8.75. The molecule has 0 atom stereocenters. The minimum absolute atomic E-state index is 0.0660. The molecule has 0 aliphatic carbocycles. The molecule has 6 heteroatoms. The molecule has 0 saturated heterocycles. The Hall–Kier alpha value is -6.92. The van der Waals surface area contributed by atoms with Crippen molar-refractivity contribution in [3.8, 4) is 5.75 Å². The van der Waals surface area contributed by atoms with Crippen LogP contribution >= 0.6 is 0 Å². The summed E-state index contributed by atoms with van der Waals surface area (Å²) in [7, 11) is 0. The van der Waals surface area contributed by atoms with Crippen molar-refractivity contribution in [3.63, 3.8) is 0 Å². The van der Waals surface area contributed by atoms with E-state index in [1.807, 2.05) is 93.0 Å². The number of nitrogens with zero attached hydrogens (tertiary/aromatic N) is 2. The van der Waals surface area contributed by atoms with E-state index in [4.69, 9.17) is 5.11 Å². The van der Waals surface area contributed by atoms with Gasteiger partial charge in [-0.05, 0) is 106 Å². The van der Waals surface area contributed by atoms with E-state index in [2.05, 4.69) is 71.5 Å². The molecule has 0 fully saturated rings. The van der Waals surface area contributed by atoms with Gasteiger partial charge in [0.15, 0.2) is 0 Å². The minimum atomic E-state index is -1.12. The zero-order valence-electron chi connectivity index (χ0n) is 29.8. The summed E-state index contributed by atoms with van der Waals surface area (Å²) in [5.41, 5.74) is 6.78. The van der Waals surface area contributed by atoms with Crippen molar-refractivity contribution in [2.75, 3.05) is 0 Å². The second kappa shape index (κ2) is 18.4. The fraction of sp³-hybridized carbons (Fsp3) is 0.0638. The number of carbonyl (C=O) groups is 2. The molecular formula is C47H40N2O4. The minimum Gasteiger partial charge on any atom is -0.506 e. The van der Waals surface area contributed by atoms with Crippen LogP contribution in [0.4, 0.5) is 0 Å². The van der Waals surface area contributed by atoms with Gasteiger partial charge in [0.05, 0.1) is 0 Å². The van der Waals surface area contributed by atoms with E-state index in [-0.39, 0.29) is 11.3 Å². The van der Waals surface area contributed by atoms with Crippen LogP contribution in [0.25, 0.3) is 44.5 Å². The number of rotatable bonds is 4. The maximum Gasteiger partial charge on any atom is 0.339 e. The second-order valence-electron chi connectivity index (χ2n) is 12.2. The average molecular weight is 697 g/mol. The van der Waals surface area contributed by atoms with Crippen LogP contribution in [0.1, 0.15) is 48.5 Å². The van der Waals surface area contributed by atoms with Gasteiger partial charge in [-0.1, -0.05) is 115 Å². The largest absolute Gasteiger partial charge is 0.506 e. The Labute approximate surface area is 309 Å². The topological polar surface area (TPSA) is 100 Å². The number of aromatic carboxylic acids is 1. The maximum absolute atomic E-state index is 10.7. The van der Waals surface area contributed by atoms with Crippen molar-refractivity contribution in [2.45, 2.75) is 20.8 Å². The number of carboxylic acid groups (broad SMARTS) is 1. The zero-order valence-corrected chi connectivity index (χ0v) is 29.8. The standard InChI is InChI=1S/C18H15N.C12H10O.C11H8O3.C6H7N/c1-14-16(7-6-15-10-12-19-13-11-15)8-9-17-4-2-3-5-18(14)17;1-9-11(8-13)7-6-10-4-2-3-5-12(9)10;12-10-8-4-2-1-3-7(8)5-6-9(10)11(13)14;1-6-2-4-7-5-3-6/h2-13H,1H3;2-8H,1H3;1-6,12H,(H,13,14);2-5H,1H3/b7-6+;;;. The molecule has 0 saturated carbocycles. The van der Waals surface area contributed by atoms with Crippen LogP contribution in [0.15, 0.2) is 158 Å². The second-order valence-corrected chi connectivity index (χ2v) is 12.2. The molecule has 0 spiro atoms. The summed E-state index contributed by atoms with van der Waals surface area (Å²) < 4.78 is 0. The molecule has 53 heavy (non-hydrogen) atoms. The molecule has 0 amide bonds. The van der Waals surface area contributed by atoms with Crippen LogP contribution in [0.2, 0.25) is 0 Å². The number of carbonyl (C=O) groups excluding carboxylic acids is 1. The van der Waals surface area contributed by atoms with Crippen molar-refractivity contribution < 1.29 is 19.8 Å². The van der Waals surface area contributed by atoms with E-state index >= 15 is 0 Å². The van der Waals surface area contributed by atoms with Crippen LogP contribution in [-0.4, -0.2) is 32.4 Å². The summed E-state index contributed by atoms with van der Waals surface area (Å²) in [5, 5.41) is 24.8. The van der Waals surface area contributed by atoms with Gasteiger partial charge in [0.1, 0.15) is 17.6 Å². The SMILES string of the molecule is Cc1c(/C=C/c2ccncc2)ccc2ccccc12.Cc1c(C=O)ccc2ccccc12.Cc1ccncc1.O=C(O)c1ccc2ccccc2c1O. The third kappa shape index (κ3) is 9.87. The van der Waals surface area contributed by atoms with Crippen molar-refractivity contribution in [1.82, 2.24) is 9.97 Å². The molecule has 6 aromatic carbocycles. The molecule has 6 nitrogen and oxygen atoms in total. The molecule has 0 unspecified atom stereocenters. The van der Waals surface area contributed by atoms with Gasteiger partial charge in [-0.2, -0.15) is 0 Å². The Bertz CT molecular complexity index is 2490. The highest BCUT2D eigenvalue weighted by Gasteiger charge is 2.11. The van der Waals surface area contributed by atoms with Gasteiger partial charge in [-0.25, -0.2) is 4.79 Å². The molecule has 0 radical (unpaired) electrons. The van der Waals surface area contributed by atoms with Crippen molar-refractivity contribution in [2.24, 2.45) is 0 Å². The quantitative estimate of drug-likeness (QED) is 0.178. The number of aldehydes is 1. The van der Waals surface area contributed by atoms with E-state index in [0.717, 1.165) is 28.2 Å². The summed E-state index contributed by atoms with van der Waals surface area (Å²) in [5.74, 6) is -1.29. The number of carboxylic acids is 1. The molecule has 8 aromatic rings. The van der Waals surface area contributed by atoms with Gasteiger partial charge in [-0.3, -0.25) is 14.8 Å². The van der Waals surface area contributed by atoms with Gasteiger partial charge >= 0.3 is 5.97 Å². The first-order valence-corrected chi connectivity index (χ1v) is 17.1. The lowest BCUT2D eigenvalue weighted by Gasteiger charge is -2.05. The molecule has 262 valence electrons. The van der Waals surface area contributed by atoms with E-state index in [0.29, 0.717) is 5.39 Å². The molecule has 2 heterocycles. The van der Waals surface area contributed by atoms with Gasteiger partial charge < -0.3 is 10.2 Å². The summed E-state index contributed by atoms with van der Waals surface area (Å²) in [6, 6.07) is 42.9. The van der Waals surface area contributed by atoms with Crippen molar-refractivity contribution >= 4 is 56.7 Å². The molecule has 2 N–H and O–H groups in total. The summed E-state index contributed by atoms with van der Waals surface area (Å²) in [6.45, 7) is 6.20. The van der Waals surface area contributed by atoms with Gasteiger partial charge in [0, 0.05) is 35.7 Å². The molecule has 0 aliphatic rings. The number of phenols is 1. The fourth-order valence-corrected chi connectivity index (χ4v) is 5.71. The number of aryl methyl sites for hydroxylation is 3. The first-order chi connectivity index (χ1) is 25.8. The van der Waals surface area contributed by atoms with Crippen LogP contribution in [0, 0.1) is 20.8 Å². The molecule has 2 aromatic heterocycles. The van der Waals surface area contributed by atoms with Crippen LogP contribution in [0.5, 0.6) is 5.75 Å². The zero-order chi connectivity index (χ0) is 37.6. The number of hydrogen-bond acceptors (Lipinski definition) is 5. The lowest BCUT2D eigenvalue weighted by atomic mass is 9.99. The molecular weight excluding hydrogens is 657 g/mol. The Balaban J connectivity index is 0.000000143. The van der Waals surface area contributed by atoms with E-state index < -0.39 is 5.97 Å². The number of aromatic nitrogens is 2. The van der Waals surface area contributed by atoms with Crippen LogP contribution in [-0.2, 0) is 0 Å². The Kier molecular flexibility index (Phi) is 12.9. The van der Waals surface area contributed by atoms with E-state index in [1.165, 1.54) is 44.5 Å². The van der Waals surface area contributed by atoms with Crippen LogP contribution < -0.4 is 0 Å². The Morgan fingerprint density at radius 2 is 0.981 bits per heavy atom. The fourth-order valence-electron chi connectivity index (χ4n) is 5.71. The number of benzene rings is 6. The molecule has 0 aliphatic heterocycles. The highest BCUT2D eigenvalue weighted by atomic mass is 16.4. The number of fused-ring (bicyclic) bond motifs is 3. The normalized spacial score (nSPS) is 10.4. The first-order valence-electron chi connectivity index (χ1n) is 17.1. The first kappa shape index (κ1) is 37.3. The molecule has 8 rings (SSSR count). The predicted molar refractivity (Wildman–Crippen MR) is 217 cm³/mol. The van der Waals surface area contributed by atoms with Gasteiger partial charge in [0.2, 0.25) is 0 Å². The highest BCUT2D eigenvalue weighted by molar-refractivity contribution is 6.00. The highest BCUT2D eigenvalue weighted by Crippen LogP contribution is 2.28. The third-order valence-electron chi connectivity index (χ3n) is 8.75. The van der Waals surface area contributed by atoms with Crippen molar-refractivity contribution in [3.05, 3.63) is 197 Å². The van der Waals surface area contributed by atoms with E-state index in [1.54, 1.807) is 30.6 Å². The van der Waals surface area contributed by atoms with Gasteiger partial charge in [0.25, 0.3) is 0 Å². The van der Waals surface area contributed by atoms with Crippen molar-refractivity contribution in [1.29, 1.82) is 0 Å². The number of pyridine rings is 2.